The topological polar surface area (TPSA) is 109 Å². The van der Waals surface area contributed by atoms with Gasteiger partial charge < -0.3 is 9.88 Å². The van der Waals surface area contributed by atoms with Crippen molar-refractivity contribution < 1.29 is 14.1 Å². The third kappa shape index (κ3) is 3.67. The Labute approximate surface area is 174 Å². The predicted octanol–water partition coefficient (Wildman–Crippen LogP) is 3.34. The van der Waals surface area contributed by atoms with Crippen LogP contribution in [0.5, 0.6) is 0 Å². The summed E-state index contributed by atoms with van der Waals surface area (Å²) in [5, 5.41) is 10.8. The molecule has 0 unspecified atom stereocenters. The summed E-state index contributed by atoms with van der Waals surface area (Å²) in [5.41, 5.74) is 1.03. The number of rotatable bonds is 3. The number of hydrogen-bond donors (Lipinski definition) is 1. The van der Waals surface area contributed by atoms with Gasteiger partial charge in [0.05, 0.1) is 33.3 Å². The van der Waals surface area contributed by atoms with Gasteiger partial charge in [0.2, 0.25) is 0 Å². The highest BCUT2D eigenvalue weighted by Gasteiger charge is 2.27. The van der Waals surface area contributed by atoms with Crippen LogP contribution in [0.15, 0.2) is 47.3 Å². The highest BCUT2D eigenvalue weighted by Crippen LogP contribution is 2.26. The van der Waals surface area contributed by atoms with Crippen LogP contribution in [-0.2, 0) is 13.0 Å². The molecule has 0 saturated heterocycles. The van der Waals surface area contributed by atoms with Crippen molar-refractivity contribution in [1.82, 2.24) is 14.9 Å². The van der Waals surface area contributed by atoms with Crippen LogP contribution in [0.1, 0.15) is 21.6 Å². The van der Waals surface area contributed by atoms with E-state index in [1.807, 2.05) is 0 Å². The molecule has 8 nitrogen and oxygen atoms in total. The average Bonchev–Trinajstić information content (AvgIpc) is 2.73. The van der Waals surface area contributed by atoms with E-state index in [9.17, 15) is 24.1 Å². The first-order valence-electron chi connectivity index (χ1n) is 8.94. The standard InChI is InChI=1S/C20H14ClFN4O4/c21-16-9-13(26(29)30)5-6-14(16)20(28)25-8-7-17-15(10-25)19(27)24-18(23-17)11-1-3-12(22)4-2-11/h1-6,9H,7-8,10H2,(H,23,24,27). The lowest BCUT2D eigenvalue weighted by Crippen LogP contribution is -2.39. The van der Waals surface area contributed by atoms with Gasteiger partial charge >= 0.3 is 0 Å². The minimum atomic E-state index is -0.596. The third-order valence-corrected chi connectivity index (χ3v) is 5.18. The fraction of sp³-hybridized carbons (Fsp3) is 0.150. The average molecular weight is 429 g/mol. The van der Waals surface area contributed by atoms with Gasteiger partial charge in [0.1, 0.15) is 11.6 Å². The molecule has 1 N–H and O–H groups in total. The van der Waals surface area contributed by atoms with Crippen molar-refractivity contribution >= 4 is 23.2 Å². The fourth-order valence-electron chi connectivity index (χ4n) is 3.30. The molecule has 0 radical (unpaired) electrons. The number of halogens is 2. The molecule has 152 valence electrons. The number of H-pyrrole nitrogens is 1. The van der Waals surface area contributed by atoms with Crippen molar-refractivity contribution in [3.05, 3.63) is 90.6 Å². The molecular weight excluding hydrogens is 415 g/mol. The van der Waals surface area contributed by atoms with Crippen LogP contribution in [0, 0.1) is 15.9 Å². The van der Waals surface area contributed by atoms with Crippen LogP contribution in [0.25, 0.3) is 11.4 Å². The molecule has 0 saturated carbocycles. The van der Waals surface area contributed by atoms with Crippen molar-refractivity contribution in [2.24, 2.45) is 0 Å². The fourth-order valence-corrected chi connectivity index (χ4v) is 3.56. The number of aromatic amines is 1. The van der Waals surface area contributed by atoms with Gasteiger partial charge in [-0.2, -0.15) is 0 Å². The molecule has 10 heteroatoms. The van der Waals surface area contributed by atoms with Gasteiger partial charge in [0, 0.05) is 30.7 Å². The molecule has 1 aromatic heterocycles. The number of carbonyl (C=O) groups is 1. The summed E-state index contributed by atoms with van der Waals surface area (Å²) in [6.07, 6.45) is 0.351. The van der Waals surface area contributed by atoms with E-state index in [2.05, 4.69) is 9.97 Å². The summed E-state index contributed by atoms with van der Waals surface area (Å²) in [4.78, 5) is 44.3. The van der Waals surface area contributed by atoms with Gasteiger partial charge in [-0.1, -0.05) is 11.6 Å². The van der Waals surface area contributed by atoms with Crippen molar-refractivity contribution in [2.45, 2.75) is 13.0 Å². The Kier molecular flexibility index (Phi) is 5.04. The quantitative estimate of drug-likeness (QED) is 0.508. The molecule has 0 aliphatic carbocycles. The maximum atomic E-state index is 13.1. The van der Waals surface area contributed by atoms with Gasteiger partial charge in [0.15, 0.2) is 0 Å². The monoisotopic (exact) mass is 428 g/mol. The second-order valence-corrected chi connectivity index (χ2v) is 7.15. The summed E-state index contributed by atoms with van der Waals surface area (Å²) in [6, 6.07) is 9.24. The zero-order chi connectivity index (χ0) is 21.4. The molecule has 0 spiro atoms. The van der Waals surface area contributed by atoms with Crippen molar-refractivity contribution in [1.29, 1.82) is 0 Å². The third-order valence-electron chi connectivity index (χ3n) is 4.87. The smallest absolute Gasteiger partial charge is 0.270 e. The number of nitro groups is 1. The maximum Gasteiger partial charge on any atom is 0.270 e. The number of fused-ring (bicyclic) bond motifs is 1. The van der Waals surface area contributed by atoms with Crippen molar-refractivity contribution in [3.8, 4) is 11.4 Å². The van der Waals surface area contributed by atoms with E-state index < -0.39 is 16.6 Å². The lowest BCUT2D eigenvalue weighted by Gasteiger charge is -2.28. The zero-order valence-electron chi connectivity index (χ0n) is 15.4. The number of carbonyl (C=O) groups excluding carboxylic acids is 1. The number of non-ortho nitro benzene ring substituents is 1. The lowest BCUT2D eigenvalue weighted by molar-refractivity contribution is -0.384. The highest BCUT2D eigenvalue weighted by atomic mass is 35.5. The summed E-state index contributed by atoms with van der Waals surface area (Å²) >= 11 is 6.06. The Balaban J connectivity index is 1.61. The Morgan fingerprint density at radius 3 is 2.63 bits per heavy atom. The number of nitro benzene ring substituents is 1. The van der Waals surface area contributed by atoms with Gasteiger partial charge in [-0.3, -0.25) is 19.7 Å². The first-order chi connectivity index (χ1) is 14.3. The zero-order valence-corrected chi connectivity index (χ0v) is 16.1. The number of nitrogens with one attached hydrogen (secondary N) is 1. The molecule has 30 heavy (non-hydrogen) atoms. The van der Waals surface area contributed by atoms with Gasteiger partial charge in [0.25, 0.3) is 17.2 Å². The van der Waals surface area contributed by atoms with Gasteiger partial charge in [-0.25, -0.2) is 9.37 Å². The van der Waals surface area contributed by atoms with Crippen LogP contribution in [0.3, 0.4) is 0 Å². The predicted molar refractivity (Wildman–Crippen MR) is 107 cm³/mol. The Hall–Kier alpha value is -3.59. The largest absolute Gasteiger partial charge is 0.334 e. The van der Waals surface area contributed by atoms with E-state index in [-0.39, 0.29) is 28.4 Å². The second kappa shape index (κ2) is 7.68. The molecule has 1 aliphatic rings. The van der Waals surface area contributed by atoms with E-state index >= 15 is 0 Å². The van der Waals surface area contributed by atoms with Gasteiger partial charge in [-0.05, 0) is 30.3 Å². The van der Waals surface area contributed by atoms with E-state index in [0.29, 0.717) is 35.6 Å². The first-order valence-corrected chi connectivity index (χ1v) is 9.32. The normalized spacial score (nSPS) is 13.1. The molecule has 2 heterocycles. The molecule has 0 fully saturated rings. The number of amides is 1. The first kappa shape index (κ1) is 19.7. The van der Waals surface area contributed by atoms with Crippen LogP contribution < -0.4 is 5.56 Å². The van der Waals surface area contributed by atoms with E-state index in [0.717, 1.165) is 6.07 Å². The lowest BCUT2D eigenvalue weighted by atomic mass is 10.0. The highest BCUT2D eigenvalue weighted by molar-refractivity contribution is 6.34. The number of benzene rings is 2. The van der Waals surface area contributed by atoms with Crippen LogP contribution in [-0.4, -0.2) is 32.2 Å². The Morgan fingerprint density at radius 2 is 1.97 bits per heavy atom. The molecule has 3 aromatic rings. The molecule has 1 aliphatic heterocycles. The van der Waals surface area contributed by atoms with E-state index in [1.165, 1.54) is 41.3 Å². The Bertz CT molecular complexity index is 1230. The van der Waals surface area contributed by atoms with Crippen molar-refractivity contribution in [2.75, 3.05) is 6.54 Å². The molecule has 0 atom stereocenters. The SMILES string of the molecule is O=C(c1ccc([N+](=O)[O-])cc1Cl)N1CCc2nc(-c3ccc(F)cc3)[nH]c(=O)c2C1. The summed E-state index contributed by atoms with van der Waals surface area (Å²) in [6.45, 7) is 0.339. The van der Waals surface area contributed by atoms with Crippen LogP contribution >= 0.6 is 11.6 Å². The van der Waals surface area contributed by atoms with E-state index in [4.69, 9.17) is 11.6 Å². The van der Waals surface area contributed by atoms with Crippen LogP contribution in [0.4, 0.5) is 10.1 Å². The van der Waals surface area contributed by atoms with Crippen molar-refractivity contribution in [3.63, 3.8) is 0 Å². The summed E-state index contributed by atoms with van der Waals surface area (Å²) in [7, 11) is 0. The molecule has 4 rings (SSSR count). The minimum Gasteiger partial charge on any atom is -0.334 e. The number of nitrogens with zero attached hydrogens (tertiary/aromatic N) is 3. The Morgan fingerprint density at radius 1 is 1.23 bits per heavy atom. The second-order valence-electron chi connectivity index (χ2n) is 6.74. The molecule has 1 amide bonds. The summed E-state index contributed by atoms with van der Waals surface area (Å²) < 4.78 is 13.1. The molecular formula is C20H14ClFN4O4. The van der Waals surface area contributed by atoms with Gasteiger partial charge in [-0.15, -0.1) is 0 Å². The molecule has 2 aromatic carbocycles. The molecule has 0 bridgehead atoms. The number of aromatic nitrogens is 2. The van der Waals surface area contributed by atoms with Crippen LogP contribution in [0.2, 0.25) is 5.02 Å². The van der Waals surface area contributed by atoms with E-state index in [1.54, 1.807) is 0 Å². The number of hydrogen-bond acceptors (Lipinski definition) is 5. The summed E-state index contributed by atoms with van der Waals surface area (Å²) in [5.74, 6) is -0.488. The minimum absolute atomic E-state index is 0.0290. The maximum absolute atomic E-state index is 13.1.